The Balaban J connectivity index is 2.43. The highest BCUT2D eigenvalue weighted by Gasteiger charge is 2.30. The molecular formula is C14H9Cl2F3. The Kier molecular flexibility index (Phi) is 4.07. The number of benzene rings is 2. The van der Waals surface area contributed by atoms with E-state index in [0.717, 1.165) is 17.7 Å². The minimum atomic E-state index is -4.33. The van der Waals surface area contributed by atoms with E-state index in [4.69, 9.17) is 23.2 Å². The predicted octanol–water partition coefficient (Wildman–Crippen LogP) is 5.76. The first kappa shape index (κ1) is 14.2. The second-order valence-electron chi connectivity index (χ2n) is 3.99. The van der Waals surface area contributed by atoms with Crippen molar-refractivity contribution in [2.24, 2.45) is 0 Å². The number of hydrogen-bond acceptors (Lipinski definition) is 0. The van der Waals surface area contributed by atoms with Crippen LogP contribution in [-0.2, 0) is 12.1 Å². The summed E-state index contributed by atoms with van der Waals surface area (Å²) in [6.45, 7) is 0. The molecule has 0 saturated heterocycles. The van der Waals surface area contributed by atoms with Crippen molar-refractivity contribution in [1.82, 2.24) is 0 Å². The minimum absolute atomic E-state index is 0.257. The van der Waals surface area contributed by atoms with Gasteiger partial charge >= 0.3 is 6.18 Å². The van der Waals surface area contributed by atoms with E-state index in [9.17, 15) is 13.2 Å². The summed E-state index contributed by atoms with van der Waals surface area (Å²) >= 11 is 11.9. The van der Waals surface area contributed by atoms with Crippen molar-refractivity contribution in [1.29, 1.82) is 0 Å². The quantitative estimate of drug-likeness (QED) is 0.618. The molecule has 0 aliphatic heterocycles. The molecular weight excluding hydrogens is 296 g/mol. The van der Waals surface area contributed by atoms with Gasteiger partial charge in [0.15, 0.2) is 0 Å². The van der Waals surface area contributed by atoms with E-state index < -0.39 is 11.7 Å². The van der Waals surface area contributed by atoms with Crippen LogP contribution in [0.15, 0.2) is 42.5 Å². The average molecular weight is 305 g/mol. The fraction of sp³-hybridized carbons (Fsp3) is 0.143. The highest BCUT2D eigenvalue weighted by atomic mass is 35.5. The summed E-state index contributed by atoms with van der Waals surface area (Å²) in [5.41, 5.74) is 1.38. The molecule has 0 spiro atoms. The molecule has 5 heteroatoms. The Morgan fingerprint density at radius 2 is 1.58 bits per heavy atom. The monoisotopic (exact) mass is 304 g/mol. The maximum absolute atomic E-state index is 12.5. The van der Waals surface area contributed by atoms with E-state index in [1.54, 1.807) is 18.2 Å². The third kappa shape index (κ3) is 3.04. The van der Waals surface area contributed by atoms with Gasteiger partial charge in [-0.2, -0.15) is 13.2 Å². The fourth-order valence-corrected chi connectivity index (χ4v) is 2.34. The molecule has 2 aromatic rings. The summed E-state index contributed by atoms with van der Waals surface area (Å²) in [6, 6.07) is 10.2. The summed E-state index contributed by atoms with van der Waals surface area (Å²) in [5, 5.41) is 0.470. The lowest BCUT2D eigenvalue weighted by atomic mass is 10.0. The van der Waals surface area contributed by atoms with Crippen LogP contribution in [0, 0.1) is 0 Å². The second kappa shape index (κ2) is 5.43. The third-order valence-electron chi connectivity index (χ3n) is 2.75. The van der Waals surface area contributed by atoms with Gasteiger partial charge in [0.1, 0.15) is 0 Å². The molecule has 0 fully saturated rings. The summed E-state index contributed by atoms with van der Waals surface area (Å²) < 4.78 is 37.4. The van der Waals surface area contributed by atoms with Crippen LogP contribution in [0.4, 0.5) is 13.2 Å². The molecule has 0 atom stereocenters. The highest BCUT2D eigenvalue weighted by Crippen LogP contribution is 2.34. The molecule has 0 aliphatic carbocycles. The Hall–Kier alpha value is -1.19. The number of hydrogen-bond donors (Lipinski definition) is 0. The summed E-state index contributed by atoms with van der Waals surface area (Å²) in [4.78, 5) is 0. The highest BCUT2D eigenvalue weighted by molar-refractivity contribution is 6.34. The molecule has 0 nitrogen and oxygen atoms in total. The number of halogens is 5. The predicted molar refractivity (Wildman–Crippen MR) is 71.4 cm³/mol. The zero-order valence-corrected chi connectivity index (χ0v) is 11.2. The lowest BCUT2D eigenvalue weighted by molar-refractivity contribution is -0.137. The maximum atomic E-state index is 12.5. The maximum Gasteiger partial charge on any atom is 0.416 e. The molecule has 0 N–H and O–H groups in total. The van der Waals surface area contributed by atoms with Crippen LogP contribution in [0.1, 0.15) is 11.1 Å². The van der Waals surface area contributed by atoms with Gasteiger partial charge in [-0.3, -0.25) is 0 Å². The van der Waals surface area contributed by atoms with Gasteiger partial charge in [0, 0.05) is 11.4 Å². The van der Waals surface area contributed by atoms with Crippen LogP contribution in [0.3, 0.4) is 0 Å². The van der Waals surface area contributed by atoms with Gasteiger partial charge < -0.3 is 0 Å². The minimum Gasteiger partial charge on any atom is -0.166 e. The molecule has 2 rings (SSSR count). The molecule has 100 valence electrons. The van der Waals surface area contributed by atoms with E-state index in [0.29, 0.717) is 16.1 Å². The molecule has 0 saturated carbocycles. The smallest absolute Gasteiger partial charge is 0.166 e. The largest absolute Gasteiger partial charge is 0.416 e. The van der Waals surface area contributed by atoms with Crippen molar-refractivity contribution in [2.75, 3.05) is 0 Å². The normalized spacial score (nSPS) is 11.6. The van der Waals surface area contributed by atoms with Gasteiger partial charge in [0.25, 0.3) is 0 Å². The SMILES string of the molecule is FC(F)(F)c1ccc(-c2cccc(CCl)c2Cl)cc1. The first-order chi connectivity index (χ1) is 8.93. The van der Waals surface area contributed by atoms with Crippen LogP contribution >= 0.6 is 23.2 Å². The lowest BCUT2D eigenvalue weighted by Gasteiger charge is -2.10. The molecule has 0 radical (unpaired) electrons. The number of alkyl halides is 4. The summed E-state index contributed by atoms with van der Waals surface area (Å²) in [5.74, 6) is 0.257. The Labute approximate surface area is 118 Å². The van der Waals surface area contributed by atoms with Crippen molar-refractivity contribution in [3.63, 3.8) is 0 Å². The summed E-state index contributed by atoms with van der Waals surface area (Å²) in [7, 11) is 0. The number of rotatable bonds is 2. The van der Waals surface area contributed by atoms with E-state index in [2.05, 4.69) is 0 Å². The van der Waals surface area contributed by atoms with E-state index in [1.165, 1.54) is 12.1 Å². The standard InChI is InChI=1S/C14H9Cl2F3/c15-8-10-2-1-3-12(13(10)16)9-4-6-11(7-5-9)14(17,18)19/h1-7H,8H2. The van der Waals surface area contributed by atoms with Crippen molar-refractivity contribution in [2.45, 2.75) is 12.1 Å². The van der Waals surface area contributed by atoms with Crippen molar-refractivity contribution < 1.29 is 13.2 Å². The van der Waals surface area contributed by atoms with Gasteiger partial charge in [-0.15, -0.1) is 11.6 Å². The van der Waals surface area contributed by atoms with Crippen molar-refractivity contribution >= 4 is 23.2 Å². The molecule has 0 aliphatic rings. The zero-order valence-electron chi connectivity index (χ0n) is 9.64. The van der Waals surface area contributed by atoms with Gasteiger partial charge in [-0.05, 0) is 23.3 Å². The zero-order chi connectivity index (χ0) is 14.0. The topological polar surface area (TPSA) is 0 Å². The van der Waals surface area contributed by atoms with Crippen molar-refractivity contribution in [3.05, 3.63) is 58.6 Å². The van der Waals surface area contributed by atoms with Crippen LogP contribution < -0.4 is 0 Å². The molecule has 0 bridgehead atoms. The molecule has 2 aromatic carbocycles. The van der Waals surface area contributed by atoms with E-state index >= 15 is 0 Å². The lowest BCUT2D eigenvalue weighted by Crippen LogP contribution is -2.04. The third-order valence-corrected chi connectivity index (χ3v) is 3.48. The average Bonchev–Trinajstić information content (AvgIpc) is 2.38. The van der Waals surface area contributed by atoms with Crippen LogP contribution in [0.5, 0.6) is 0 Å². The van der Waals surface area contributed by atoms with Gasteiger partial charge in [0.05, 0.1) is 10.6 Å². The molecule has 0 unspecified atom stereocenters. The Bertz CT molecular complexity index is 574. The molecule has 0 amide bonds. The summed E-state index contributed by atoms with van der Waals surface area (Å²) in [6.07, 6.45) is -4.33. The molecule has 0 heterocycles. The first-order valence-electron chi connectivity index (χ1n) is 5.44. The first-order valence-corrected chi connectivity index (χ1v) is 6.35. The van der Waals surface area contributed by atoms with Gasteiger partial charge in [-0.1, -0.05) is 41.9 Å². The molecule has 19 heavy (non-hydrogen) atoms. The molecule has 0 aromatic heterocycles. The van der Waals surface area contributed by atoms with E-state index in [-0.39, 0.29) is 5.88 Å². The van der Waals surface area contributed by atoms with Crippen molar-refractivity contribution in [3.8, 4) is 11.1 Å². The van der Waals surface area contributed by atoms with Gasteiger partial charge in [-0.25, -0.2) is 0 Å². The fourth-order valence-electron chi connectivity index (χ4n) is 1.74. The van der Waals surface area contributed by atoms with E-state index in [1.807, 2.05) is 0 Å². The van der Waals surface area contributed by atoms with Crippen LogP contribution in [0.2, 0.25) is 5.02 Å². The second-order valence-corrected chi connectivity index (χ2v) is 4.63. The van der Waals surface area contributed by atoms with Crippen LogP contribution in [0.25, 0.3) is 11.1 Å². The Morgan fingerprint density at radius 3 is 2.11 bits per heavy atom. The Morgan fingerprint density at radius 1 is 0.947 bits per heavy atom. The van der Waals surface area contributed by atoms with Gasteiger partial charge in [0.2, 0.25) is 0 Å². The van der Waals surface area contributed by atoms with Crippen LogP contribution in [-0.4, -0.2) is 0 Å².